The molecule has 0 bridgehead atoms. The molecule has 2 atom stereocenters. The molecule has 1 spiro atoms. The van der Waals surface area contributed by atoms with Crippen LogP contribution in [0.2, 0.25) is 0 Å². The van der Waals surface area contributed by atoms with E-state index in [1.807, 2.05) is 11.8 Å². The van der Waals surface area contributed by atoms with Gasteiger partial charge in [-0.15, -0.1) is 0 Å². The van der Waals surface area contributed by atoms with Gasteiger partial charge in [-0.25, -0.2) is 4.39 Å². The van der Waals surface area contributed by atoms with E-state index in [1.54, 1.807) is 6.07 Å². The predicted octanol–water partition coefficient (Wildman–Crippen LogP) is 3.32. The van der Waals surface area contributed by atoms with E-state index in [2.05, 4.69) is 0 Å². The van der Waals surface area contributed by atoms with Crippen LogP contribution < -0.4 is 4.74 Å². The van der Waals surface area contributed by atoms with Gasteiger partial charge >= 0.3 is 0 Å². The fourth-order valence-electron chi connectivity index (χ4n) is 3.16. The molecule has 1 aromatic rings. The van der Waals surface area contributed by atoms with Crippen LogP contribution in [-0.4, -0.2) is 36.6 Å². The molecule has 0 aliphatic carbocycles. The first-order chi connectivity index (χ1) is 10.1. The minimum Gasteiger partial charge on any atom is -0.494 e. The van der Waals surface area contributed by atoms with Gasteiger partial charge in [-0.2, -0.15) is 11.8 Å². The first-order valence-electron chi connectivity index (χ1n) is 7.23. The topological polar surface area (TPSA) is 35.5 Å². The monoisotopic (exact) mass is 310 g/mol. The molecule has 5 heteroatoms. The van der Waals surface area contributed by atoms with E-state index in [0.717, 1.165) is 30.8 Å². The zero-order valence-corrected chi connectivity index (χ0v) is 12.9. The second-order valence-corrected chi connectivity index (χ2v) is 6.84. The molecule has 2 fully saturated rings. The van der Waals surface area contributed by atoms with Crippen molar-refractivity contribution in [2.24, 2.45) is 5.92 Å². The Hall–Kier alpha value is -1.07. The second kappa shape index (κ2) is 5.97. The van der Waals surface area contributed by atoms with Crippen molar-refractivity contribution in [3.8, 4) is 5.75 Å². The molecule has 3 nitrogen and oxygen atoms in total. The third-order valence-electron chi connectivity index (χ3n) is 4.37. The van der Waals surface area contributed by atoms with Crippen LogP contribution in [0.15, 0.2) is 18.2 Å². The number of ketones is 1. The molecular formula is C16H19FO3S. The lowest BCUT2D eigenvalue weighted by Crippen LogP contribution is -2.42. The summed E-state index contributed by atoms with van der Waals surface area (Å²) in [5.41, 5.74) is 0.411. The highest BCUT2D eigenvalue weighted by Crippen LogP contribution is 2.41. The molecular weight excluding hydrogens is 291 g/mol. The summed E-state index contributed by atoms with van der Waals surface area (Å²) in [6, 6.07) is 4.35. The van der Waals surface area contributed by atoms with Crippen LogP contribution in [0.3, 0.4) is 0 Å². The van der Waals surface area contributed by atoms with Crippen LogP contribution in [0, 0.1) is 11.7 Å². The highest BCUT2D eigenvalue weighted by atomic mass is 32.2. The molecule has 0 amide bonds. The van der Waals surface area contributed by atoms with Crippen LogP contribution >= 0.6 is 11.8 Å². The number of carbonyl (C=O) groups is 1. The van der Waals surface area contributed by atoms with E-state index in [9.17, 15) is 9.18 Å². The molecule has 21 heavy (non-hydrogen) atoms. The van der Waals surface area contributed by atoms with E-state index in [4.69, 9.17) is 9.47 Å². The first-order valence-corrected chi connectivity index (χ1v) is 8.38. The molecule has 2 heterocycles. The molecule has 0 aromatic heterocycles. The van der Waals surface area contributed by atoms with Gasteiger partial charge in [-0.05, 0) is 43.2 Å². The van der Waals surface area contributed by atoms with E-state index in [1.165, 1.54) is 19.2 Å². The number of halogens is 1. The number of carbonyl (C=O) groups excluding carboxylic acids is 1. The van der Waals surface area contributed by atoms with Crippen molar-refractivity contribution in [3.63, 3.8) is 0 Å². The van der Waals surface area contributed by atoms with Crippen LogP contribution in [0.1, 0.15) is 29.6 Å². The zero-order chi connectivity index (χ0) is 14.9. The molecule has 0 N–H and O–H groups in total. The van der Waals surface area contributed by atoms with Crippen LogP contribution in [0.4, 0.5) is 4.39 Å². The fourth-order valence-corrected chi connectivity index (χ4v) is 4.54. The lowest BCUT2D eigenvalue weighted by molar-refractivity contribution is -0.0734. The zero-order valence-electron chi connectivity index (χ0n) is 12.1. The molecule has 1 aromatic carbocycles. The Morgan fingerprint density at radius 3 is 3.10 bits per heavy atom. The maximum Gasteiger partial charge on any atom is 0.166 e. The summed E-state index contributed by atoms with van der Waals surface area (Å²) in [7, 11) is 1.41. The third kappa shape index (κ3) is 2.94. The quantitative estimate of drug-likeness (QED) is 0.802. The minimum atomic E-state index is -0.440. The van der Waals surface area contributed by atoms with E-state index in [0.29, 0.717) is 12.2 Å². The number of hydrogen-bond donors (Lipinski definition) is 0. The van der Waals surface area contributed by atoms with Gasteiger partial charge < -0.3 is 9.47 Å². The van der Waals surface area contributed by atoms with Gasteiger partial charge in [0.25, 0.3) is 0 Å². The second-order valence-electron chi connectivity index (χ2n) is 5.74. The minimum absolute atomic E-state index is 0.0346. The SMILES string of the molecule is COc1cc(C(=O)C2CCOC3(CCSC3)C2)ccc1F. The summed E-state index contributed by atoms with van der Waals surface area (Å²) < 4.78 is 24.4. The molecule has 2 saturated heterocycles. The Bertz CT molecular complexity index is 540. The summed E-state index contributed by atoms with van der Waals surface area (Å²) >= 11 is 1.89. The van der Waals surface area contributed by atoms with Gasteiger partial charge in [-0.1, -0.05) is 0 Å². The van der Waals surface area contributed by atoms with Gasteiger partial charge in [0.15, 0.2) is 17.3 Å². The Morgan fingerprint density at radius 1 is 1.52 bits per heavy atom. The average molecular weight is 310 g/mol. The van der Waals surface area contributed by atoms with Gasteiger partial charge in [0.1, 0.15) is 0 Å². The lowest BCUT2D eigenvalue weighted by atomic mass is 9.81. The number of hydrogen-bond acceptors (Lipinski definition) is 4. The molecule has 0 saturated carbocycles. The fraction of sp³-hybridized carbons (Fsp3) is 0.562. The van der Waals surface area contributed by atoms with E-state index in [-0.39, 0.29) is 23.1 Å². The number of thioether (sulfide) groups is 1. The van der Waals surface area contributed by atoms with Crippen molar-refractivity contribution in [2.75, 3.05) is 25.2 Å². The van der Waals surface area contributed by atoms with Crippen molar-refractivity contribution in [1.29, 1.82) is 0 Å². The summed E-state index contributed by atoms with van der Waals surface area (Å²) in [5.74, 6) is 1.80. The average Bonchev–Trinajstić information content (AvgIpc) is 2.95. The summed E-state index contributed by atoms with van der Waals surface area (Å²) in [6.45, 7) is 0.634. The van der Waals surface area contributed by atoms with Crippen molar-refractivity contribution in [2.45, 2.75) is 24.9 Å². The van der Waals surface area contributed by atoms with Gasteiger partial charge in [0.05, 0.1) is 12.7 Å². The largest absolute Gasteiger partial charge is 0.494 e. The van der Waals surface area contributed by atoms with Crippen molar-refractivity contribution in [3.05, 3.63) is 29.6 Å². The Morgan fingerprint density at radius 2 is 2.38 bits per heavy atom. The summed E-state index contributed by atoms with van der Waals surface area (Å²) in [5, 5.41) is 0. The molecule has 2 aliphatic rings. The van der Waals surface area contributed by atoms with Crippen LogP contribution in [0.25, 0.3) is 0 Å². The normalized spacial score (nSPS) is 28.8. The molecule has 2 aliphatic heterocycles. The number of rotatable bonds is 3. The maximum absolute atomic E-state index is 13.5. The number of Topliss-reactive ketones (excluding diaryl/α,β-unsaturated/α-hetero) is 1. The molecule has 3 rings (SSSR count). The maximum atomic E-state index is 13.5. The van der Waals surface area contributed by atoms with Gasteiger partial charge in [0, 0.05) is 23.8 Å². The molecule has 2 unspecified atom stereocenters. The predicted molar refractivity (Wildman–Crippen MR) is 80.6 cm³/mol. The lowest BCUT2D eigenvalue weighted by Gasteiger charge is -2.37. The summed E-state index contributed by atoms with van der Waals surface area (Å²) in [6.07, 6.45) is 2.54. The van der Waals surface area contributed by atoms with Gasteiger partial charge in [-0.3, -0.25) is 4.79 Å². The third-order valence-corrected chi connectivity index (χ3v) is 5.59. The smallest absolute Gasteiger partial charge is 0.166 e. The van der Waals surface area contributed by atoms with E-state index < -0.39 is 5.82 Å². The van der Waals surface area contributed by atoms with Crippen LogP contribution in [-0.2, 0) is 4.74 Å². The van der Waals surface area contributed by atoms with Crippen LogP contribution in [0.5, 0.6) is 5.75 Å². The standard InChI is InChI=1S/C16H19FO3S/c1-19-14-8-11(2-3-13(14)17)15(18)12-4-6-20-16(9-12)5-7-21-10-16/h2-3,8,12H,4-7,9-10H2,1H3. The summed E-state index contributed by atoms with van der Waals surface area (Å²) in [4.78, 5) is 12.7. The Kier molecular flexibility index (Phi) is 4.22. The highest BCUT2D eigenvalue weighted by molar-refractivity contribution is 7.99. The Labute approximate surface area is 128 Å². The van der Waals surface area contributed by atoms with Crippen molar-refractivity contribution >= 4 is 17.5 Å². The highest BCUT2D eigenvalue weighted by Gasteiger charge is 2.42. The van der Waals surface area contributed by atoms with E-state index >= 15 is 0 Å². The van der Waals surface area contributed by atoms with Crippen molar-refractivity contribution in [1.82, 2.24) is 0 Å². The molecule has 114 valence electrons. The Balaban J connectivity index is 1.78. The number of benzene rings is 1. The molecule has 0 radical (unpaired) electrons. The van der Waals surface area contributed by atoms with Gasteiger partial charge in [0.2, 0.25) is 0 Å². The van der Waals surface area contributed by atoms with Crippen molar-refractivity contribution < 1.29 is 18.7 Å². The number of methoxy groups -OCH3 is 1. The first kappa shape index (κ1) is 14.9. The number of ether oxygens (including phenoxy) is 2.